The third-order valence-corrected chi connectivity index (χ3v) is 4.06. The number of carboxylic acids is 1. The van der Waals surface area contributed by atoms with E-state index in [1.54, 1.807) is 12.1 Å². The fourth-order valence-electron chi connectivity index (χ4n) is 2.83. The first kappa shape index (κ1) is 15.2. The quantitative estimate of drug-likeness (QED) is 0.612. The van der Waals surface area contributed by atoms with E-state index in [1.165, 1.54) is 12.1 Å². The molecule has 1 aliphatic carbocycles. The number of para-hydroxylation sites is 2. The smallest absolute Gasteiger partial charge is 0.323 e. The topological polar surface area (TPSA) is 116 Å². The van der Waals surface area contributed by atoms with Gasteiger partial charge in [-0.2, -0.15) is 0 Å². The molecule has 7 nitrogen and oxygen atoms in total. The van der Waals surface area contributed by atoms with Crippen LogP contribution in [0.3, 0.4) is 0 Å². The average molecular weight is 294 g/mol. The minimum absolute atomic E-state index is 0.0961. The largest absolute Gasteiger partial charge is 0.487 e. The van der Waals surface area contributed by atoms with Gasteiger partial charge in [0, 0.05) is 6.07 Å². The van der Waals surface area contributed by atoms with Gasteiger partial charge in [0.2, 0.25) is 0 Å². The number of hydrogen-bond donors (Lipinski definition) is 2. The third kappa shape index (κ3) is 3.13. The maximum Gasteiger partial charge on any atom is 0.323 e. The van der Waals surface area contributed by atoms with E-state index in [0.29, 0.717) is 12.8 Å². The normalized spacial score (nSPS) is 24.7. The summed E-state index contributed by atoms with van der Waals surface area (Å²) in [5, 5.41) is 20.1. The van der Waals surface area contributed by atoms with Crippen LogP contribution in [0.5, 0.6) is 5.75 Å². The van der Waals surface area contributed by atoms with E-state index in [9.17, 15) is 20.0 Å². The second kappa shape index (κ2) is 6.09. The van der Waals surface area contributed by atoms with Crippen molar-refractivity contribution in [1.29, 1.82) is 0 Å². The lowest BCUT2D eigenvalue weighted by Gasteiger charge is -2.26. The van der Waals surface area contributed by atoms with Gasteiger partial charge < -0.3 is 15.6 Å². The molecule has 21 heavy (non-hydrogen) atoms. The first-order valence-corrected chi connectivity index (χ1v) is 6.83. The van der Waals surface area contributed by atoms with Gasteiger partial charge in [0.15, 0.2) is 5.75 Å². The summed E-state index contributed by atoms with van der Waals surface area (Å²) in [7, 11) is 0. The lowest BCUT2D eigenvalue weighted by atomic mass is 9.86. The zero-order valence-corrected chi connectivity index (χ0v) is 11.5. The molecule has 7 heteroatoms. The summed E-state index contributed by atoms with van der Waals surface area (Å²) in [5.74, 6) is -0.966. The van der Waals surface area contributed by atoms with Gasteiger partial charge in [0.25, 0.3) is 0 Å². The average Bonchev–Trinajstić information content (AvgIpc) is 2.82. The molecular weight excluding hydrogens is 276 g/mol. The number of hydrogen-bond acceptors (Lipinski definition) is 5. The lowest BCUT2D eigenvalue weighted by molar-refractivity contribution is -0.385. The fourth-order valence-corrected chi connectivity index (χ4v) is 2.83. The lowest BCUT2D eigenvalue weighted by Crippen LogP contribution is -2.51. The van der Waals surface area contributed by atoms with E-state index in [-0.39, 0.29) is 24.0 Å². The van der Waals surface area contributed by atoms with Crippen LogP contribution in [0.2, 0.25) is 0 Å². The summed E-state index contributed by atoms with van der Waals surface area (Å²) >= 11 is 0. The number of nitrogens with two attached hydrogens (primary N) is 1. The van der Waals surface area contributed by atoms with Crippen LogP contribution < -0.4 is 10.5 Å². The van der Waals surface area contributed by atoms with Crippen molar-refractivity contribution in [2.75, 3.05) is 6.61 Å². The van der Waals surface area contributed by atoms with E-state index < -0.39 is 16.4 Å². The number of aliphatic carboxylic acids is 1. The second-order valence-electron chi connectivity index (χ2n) is 5.30. The summed E-state index contributed by atoms with van der Waals surface area (Å²) in [6, 6.07) is 6.12. The van der Waals surface area contributed by atoms with Crippen molar-refractivity contribution in [2.24, 2.45) is 11.7 Å². The molecule has 0 saturated heterocycles. The Morgan fingerprint density at radius 3 is 2.90 bits per heavy atom. The standard InChI is InChI=1S/C14H18N2O5/c15-14(13(17)18)8-3-4-10(14)7-9-21-12-6-2-1-5-11(12)16(19)20/h1-2,5-6,10H,3-4,7-9,15H2,(H,17,18). The van der Waals surface area contributed by atoms with Crippen molar-refractivity contribution in [1.82, 2.24) is 0 Å². The second-order valence-corrected chi connectivity index (χ2v) is 5.30. The van der Waals surface area contributed by atoms with Crippen molar-refractivity contribution < 1.29 is 19.6 Å². The van der Waals surface area contributed by atoms with Gasteiger partial charge in [-0.05, 0) is 31.2 Å². The molecule has 0 radical (unpaired) electrons. The number of ether oxygens (including phenoxy) is 1. The van der Waals surface area contributed by atoms with Gasteiger partial charge in [0.05, 0.1) is 11.5 Å². The number of nitrogens with zero attached hydrogens (tertiary/aromatic N) is 1. The van der Waals surface area contributed by atoms with Crippen molar-refractivity contribution in [3.63, 3.8) is 0 Å². The Morgan fingerprint density at radius 2 is 2.24 bits per heavy atom. The summed E-state index contributed by atoms with van der Waals surface area (Å²) in [5.41, 5.74) is 4.64. The highest BCUT2D eigenvalue weighted by Gasteiger charge is 2.45. The number of carbonyl (C=O) groups is 1. The molecule has 2 rings (SSSR count). The highest BCUT2D eigenvalue weighted by Crippen LogP contribution is 2.36. The highest BCUT2D eigenvalue weighted by atomic mass is 16.6. The van der Waals surface area contributed by atoms with Crippen LogP contribution in [0.25, 0.3) is 0 Å². The van der Waals surface area contributed by atoms with Crippen molar-refractivity contribution >= 4 is 11.7 Å². The Bertz CT molecular complexity index is 548. The predicted octanol–water partition coefficient (Wildman–Crippen LogP) is 1.95. The van der Waals surface area contributed by atoms with Crippen LogP contribution in [0.15, 0.2) is 24.3 Å². The van der Waals surface area contributed by atoms with Crippen LogP contribution in [0, 0.1) is 16.0 Å². The molecule has 1 aromatic carbocycles. The van der Waals surface area contributed by atoms with Crippen LogP contribution in [0.1, 0.15) is 25.7 Å². The number of carboxylic acid groups (broad SMARTS) is 1. The zero-order chi connectivity index (χ0) is 15.5. The molecule has 1 aliphatic rings. The summed E-state index contributed by atoms with van der Waals surface area (Å²) < 4.78 is 5.44. The van der Waals surface area contributed by atoms with Gasteiger partial charge in [-0.3, -0.25) is 14.9 Å². The summed E-state index contributed by atoms with van der Waals surface area (Å²) in [6.45, 7) is 0.210. The Labute approximate surface area is 121 Å². The minimum atomic E-state index is -1.20. The van der Waals surface area contributed by atoms with E-state index in [4.69, 9.17) is 10.5 Å². The van der Waals surface area contributed by atoms with Crippen LogP contribution >= 0.6 is 0 Å². The Morgan fingerprint density at radius 1 is 1.52 bits per heavy atom. The van der Waals surface area contributed by atoms with Gasteiger partial charge in [-0.1, -0.05) is 18.6 Å². The van der Waals surface area contributed by atoms with Crippen molar-refractivity contribution in [2.45, 2.75) is 31.2 Å². The zero-order valence-electron chi connectivity index (χ0n) is 11.5. The minimum Gasteiger partial charge on any atom is -0.487 e. The van der Waals surface area contributed by atoms with Crippen LogP contribution in [0.4, 0.5) is 5.69 Å². The van der Waals surface area contributed by atoms with Gasteiger partial charge >= 0.3 is 11.7 Å². The molecule has 2 unspecified atom stereocenters. The maximum absolute atomic E-state index is 11.3. The molecule has 0 spiro atoms. The van der Waals surface area contributed by atoms with Crippen molar-refractivity contribution in [3.05, 3.63) is 34.4 Å². The summed E-state index contributed by atoms with van der Waals surface area (Å²) in [4.78, 5) is 21.6. The monoisotopic (exact) mass is 294 g/mol. The van der Waals surface area contributed by atoms with Crippen molar-refractivity contribution in [3.8, 4) is 5.75 Å². The molecule has 0 amide bonds. The Kier molecular flexibility index (Phi) is 4.42. The summed E-state index contributed by atoms with van der Waals surface area (Å²) in [6.07, 6.45) is 2.44. The van der Waals surface area contributed by atoms with Gasteiger partial charge in [-0.15, -0.1) is 0 Å². The molecule has 1 saturated carbocycles. The molecule has 3 N–H and O–H groups in total. The SMILES string of the molecule is NC1(C(=O)O)CCCC1CCOc1ccccc1[N+](=O)[O-]. The number of nitro groups is 1. The predicted molar refractivity (Wildman–Crippen MR) is 75.1 cm³/mol. The number of benzene rings is 1. The molecule has 0 heterocycles. The van der Waals surface area contributed by atoms with Crippen LogP contribution in [-0.4, -0.2) is 28.1 Å². The Hall–Kier alpha value is -2.15. The molecule has 0 aliphatic heterocycles. The van der Waals surface area contributed by atoms with E-state index in [2.05, 4.69) is 0 Å². The molecule has 2 atom stereocenters. The Balaban J connectivity index is 1.96. The number of rotatable bonds is 6. The molecule has 114 valence electrons. The van der Waals surface area contributed by atoms with E-state index >= 15 is 0 Å². The van der Waals surface area contributed by atoms with Crippen LogP contribution in [-0.2, 0) is 4.79 Å². The maximum atomic E-state index is 11.3. The first-order chi connectivity index (χ1) is 9.95. The highest BCUT2D eigenvalue weighted by molar-refractivity contribution is 5.79. The first-order valence-electron chi connectivity index (χ1n) is 6.83. The molecule has 0 aromatic heterocycles. The molecule has 0 bridgehead atoms. The fraction of sp³-hybridized carbons (Fsp3) is 0.500. The van der Waals surface area contributed by atoms with Gasteiger partial charge in [0.1, 0.15) is 5.54 Å². The molecular formula is C14H18N2O5. The van der Waals surface area contributed by atoms with Gasteiger partial charge in [-0.25, -0.2) is 0 Å². The van der Waals surface area contributed by atoms with E-state index in [1.807, 2.05) is 0 Å². The number of nitro benzene ring substituents is 1. The van der Waals surface area contributed by atoms with E-state index in [0.717, 1.165) is 12.8 Å². The molecule has 1 aromatic rings. The molecule has 1 fully saturated rings. The third-order valence-electron chi connectivity index (χ3n) is 4.06.